The number of amides is 1. The molecule has 0 saturated carbocycles. The lowest BCUT2D eigenvalue weighted by Gasteiger charge is -2.18. The van der Waals surface area contributed by atoms with Crippen molar-refractivity contribution in [3.05, 3.63) is 59.7 Å². The molecule has 1 amide bonds. The van der Waals surface area contributed by atoms with Crippen LogP contribution >= 0.6 is 0 Å². The van der Waals surface area contributed by atoms with Crippen LogP contribution < -0.4 is 20.5 Å². The van der Waals surface area contributed by atoms with E-state index in [0.29, 0.717) is 17.1 Å². The van der Waals surface area contributed by atoms with Gasteiger partial charge in [-0.15, -0.1) is 0 Å². The fourth-order valence-electron chi connectivity index (χ4n) is 2.78. The lowest BCUT2D eigenvalue weighted by molar-refractivity contribution is -0.142. The molecule has 4 N–H and O–H groups in total. The van der Waals surface area contributed by atoms with E-state index in [1.165, 1.54) is 13.8 Å². The maximum absolute atomic E-state index is 12.4. The molecule has 9 heteroatoms. The van der Waals surface area contributed by atoms with Crippen molar-refractivity contribution in [3.63, 3.8) is 0 Å². The second kappa shape index (κ2) is 10.9. The lowest BCUT2D eigenvalue weighted by atomic mass is 10.0. The largest absolute Gasteiger partial charge is 0.480 e. The first kappa shape index (κ1) is 23.6. The summed E-state index contributed by atoms with van der Waals surface area (Å²) in [4.78, 5) is 45.9. The Morgan fingerprint density at radius 1 is 0.839 bits per heavy atom. The monoisotopic (exact) mass is 428 g/mol. The molecule has 2 atom stereocenters. The maximum atomic E-state index is 12.4. The van der Waals surface area contributed by atoms with Crippen molar-refractivity contribution in [1.29, 1.82) is 0 Å². The highest BCUT2D eigenvalue weighted by Crippen LogP contribution is 2.15. The van der Waals surface area contributed by atoms with E-state index in [-0.39, 0.29) is 12.8 Å². The van der Waals surface area contributed by atoms with Gasteiger partial charge in [0, 0.05) is 20.3 Å². The van der Waals surface area contributed by atoms with E-state index in [0.717, 1.165) is 5.56 Å². The standard InChI is InChI=1S/C22H24N2O7/c1-13(25)30-17-7-3-15(4-8-17)11-19(23)21(27)24-20(22(28)29)12-16-5-9-18(10-6-16)31-14(2)26/h3-10,19-20H,11-12,23H2,1-2H3,(H,24,27)(H,28,29). The molecule has 0 radical (unpaired) electrons. The van der Waals surface area contributed by atoms with Crippen LogP contribution in [0.1, 0.15) is 25.0 Å². The Hall–Kier alpha value is -3.72. The maximum Gasteiger partial charge on any atom is 0.326 e. The van der Waals surface area contributed by atoms with Gasteiger partial charge in [-0.2, -0.15) is 0 Å². The van der Waals surface area contributed by atoms with Crippen LogP contribution in [0.4, 0.5) is 0 Å². The van der Waals surface area contributed by atoms with Crippen LogP contribution in [0.5, 0.6) is 11.5 Å². The molecule has 0 fully saturated rings. The summed E-state index contributed by atoms with van der Waals surface area (Å²) in [7, 11) is 0. The van der Waals surface area contributed by atoms with Crippen LogP contribution in [0, 0.1) is 0 Å². The summed E-state index contributed by atoms with van der Waals surface area (Å²) in [6.07, 6.45) is 0.209. The van der Waals surface area contributed by atoms with Gasteiger partial charge in [0.1, 0.15) is 17.5 Å². The van der Waals surface area contributed by atoms with E-state index in [1.807, 2.05) is 0 Å². The van der Waals surface area contributed by atoms with E-state index in [4.69, 9.17) is 15.2 Å². The number of esters is 2. The number of nitrogens with two attached hydrogens (primary N) is 1. The minimum atomic E-state index is -1.20. The number of hydrogen-bond donors (Lipinski definition) is 3. The first-order chi connectivity index (χ1) is 14.6. The Bertz CT molecular complexity index is 939. The van der Waals surface area contributed by atoms with E-state index in [1.54, 1.807) is 48.5 Å². The molecule has 2 unspecified atom stereocenters. The van der Waals surface area contributed by atoms with Crippen LogP contribution in [0.15, 0.2) is 48.5 Å². The molecule has 0 aromatic heterocycles. The Kier molecular flexibility index (Phi) is 8.27. The minimum absolute atomic E-state index is 0.0330. The van der Waals surface area contributed by atoms with Gasteiger partial charge in [-0.1, -0.05) is 24.3 Å². The van der Waals surface area contributed by atoms with Crippen LogP contribution in [-0.2, 0) is 32.0 Å². The van der Waals surface area contributed by atoms with Gasteiger partial charge in [0.05, 0.1) is 6.04 Å². The summed E-state index contributed by atoms with van der Waals surface area (Å²) >= 11 is 0. The molecule has 0 bridgehead atoms. The first-order valence-electron chi connectivity index (χ1n) is 9.47. The zero-order valence-corrected chi connectivity index (χ0v) is 17.2. The van der Waals surface area contributed by atoms with E-state index in [9.17, 15) is 24.3 Å². The highest BCUT2D eigenvalue weighted by atomic mass is 16.5. The quantitative estimate of drug-likeness (QED) is 0.399. The van der Waals surface area contributed by atoms with Gasteiger partial charge in [0.15, 0.2) is 0 Å². The second-order valence-electron chi connectivity index (χ2n) is 6.89. The van der Waals surface area contributed by atoms with E-state index in [2.05, 4.69) is 5.32 Å². The summed E-state index contributed by atoms with van der Waals surface area (Å²) < 4.78 is 9.88. The number of carboxylic acids is 1. The van der Waals surface area contributed by atoms with Crippen LogP contribution in [-0.4, -0.2) is 41.0 Å². The van der Waals surface area contributed by atoms with Gasteiger partial charge < -0.3 is 25.6 Å². The number of rotatable bonds is 9. The molecule has 0 spiro atoms. The molecular weight excluding hydrogens is 404 g/mol. The Balaban J connectivity index is 1.95. The van der Waals surface area contributed by atoms with Crippen LogP contribution in [0.2, 0.25) is 0 Å². The predicted octanol–water partition coefficient (Wildman–Crippen LogP) is 1.22. The van der Waals surface area contributed by atoms with Crippen molar-refractivity contribution in [2.24, 2.45) is 5.73 Å². The Morgan fingerprint density at radius 3 is 1.65 bits per heavy atom. The lowest BCUT2D eigenvalue weighted by Crippen LogP contribution is -2.50. The zero-order valence-electron chi connectivity index (χ0n) is 17.2. The summed E-state index contributed by atoms with van der Waals surface area (Å²) in [5.74, 6) is -1.99. The number of benzene rings is 2. The van der Waals surface area contributed by atoms with E-state index >= 15 is 0 Å². The van der Waals surface area contributed by atoms with E-state index < -0.39 is 35.9 Å². The van der Waals surface area contributed by atoms with Gasteiger partial charge in [0.25, 0.3) is 0 Å². The predicted molar refractivity (Wildman–Crippen MR) is 110 cm³/mol. The van der Waals surface area contributed by atoms with Gasteiger partial charge in [-0.25, -0.2) is 4.79 Å². The third-order valence-corrected chi connectivity index (χ3v) is 4.22. The van der Waals surface area contributed by atoms with Crippen molar-refractivity contribution in [2.75, 3.05) is 0 Å². The summed E-state index contributed by atoms with van der Waals surface area (Å²) in [5.41, 5.74) is 7.30. The van der Waals surface area contributed by atoms with Crippen molar-refractivity contribution in [3.8, 4) is 11.5 Å². The number of aliphatic carboxylic acids is 1. The minimum Gasteiger partial charge on any atom is -0.480 e. The van der Waals surface area contributed by atoms with Crippen molar-refractivity contribution >= 4 is 23.8 Å². The molecule has 9 nitrogen and oxygen atoms in total. The third-order valence-electron chi connectivity index (χ3n) is 4.22. The Morgan fingerprint density at radius 2 is 1.26 bits per heavy atom. The molecule has 0 saturated heterocycles. The van der Waals surface area contributed by atoms with Crippen LogP contribution in [0.25, 0.3) is 0 Å². The number of nitrogens with one attached hydrogen (secondary N) is 1. The normalized spacial score (nSPS) is 12.4. The third kappa shape index (κ3) is 7.90. The molecule has 2 aromatic rings. The SMILES string of the molecule is CC(=O)Oc1ccc(CC(N)C(=O)NC(Cc2ccc(OC(C)=O)cc2)C(=O)O)cc1. The summed E-state index contributed by atoms with van der Waals surface area (Å²) in [6, 6.07) is 10.7. The number of carbonyl (C=O) groups is 4. The number of carboxylic acid groups (broad SMARTS) is 1. The van der Waals surface area contributed by atoms with Crippen molar-refractivity contribution in [1.82, 2.24) is 5.32 Å². The first-order valence-corrected chi connectivity index (χ1v) is 9.47. The highest BCUT2D eigenvalue weighted by Gasteiger charge is 2.24. The summed E-state index contributed by atoms with van der Waals surface area (Å²) in [5, 5.41) is 11.9. The molecule has 0 heterocycles. The molecule has 0 aliphatic carbocycles. The van der Waals surface area contributed by atoms with Gasteiger partial charge in [-0.3, -0.25) is 14.4 Å². The fourth-order valence-corrected chi connectivity index (χ4v) is 2.78. The molecule has 2 aromatic carbocycles. The van der Waals surface area contributed by atoms with Gasteiger partial charge >= 0.3 is 17.9 Å². The fraction of sp³-hybridized carbons (Fsp3) is 0.273. The summed E-state index contributed by atoms with van der Waals surface area (Å²) in [6.45, 7) is 2.57. The van der Waals surface area contributed by atoms with Crippen LogP contribution in [0.3, 0.4) is 0 Å². The highest BCUT2D eigenvalue weighted by molar-refractivity contribution is 5.87. The molecule has 0 aliphatic heterocycles. The van der Waals surface area contributed by atoms with Crippen molar-refractivity contribution < 1.29 is 33.8 Å². The smallest absolute Gasteiger partial charge is 0.326 e. The topological polar surface area (TPSA) is 145 Å². The van der Waals surface area contributed by atoms with Gasteiger partial charge in [-0.05, 0) is 41.8 Å². The molecular formula is C22H24N2O7. The average molecular weight is 428 g/mol. The average Bonchev–Trinajstić information content (AvgIpc) is 2.69. The molecule has 31 heavy (non-hydrogen) atoms. The molecule has 164 valence electrons. The number of ether oxygens (including phenoxy) is 2. The van der Waals surface area contributed by atoms with Gasteiger partial charge in [0.2, 0.25) is 5.91 Å². The molecule has 0 aliphatic rings. The molecule has 2 rings (SSSR count). The van der Waals surface area contributed by atoms with Crippen molar-refractivity contribution in [2.45, 2.75) is 38.8 Å². The number of carbonyl (C=O) groups excluding carboxylic acids is 3. The zero-order chi connectivity index (χ0) is 23.0. The second-order valence-corrected chi connectivity index (χ2v) is 6.89. The Labute approximate surface area is 179 Å². The number of hydrogen-bond acceptors (Lipinski definition) is 7.